The van der Waals surface area contributed by atoms with Gasteiger partial charge in [-0.1, -0.05) is 26.0 Å². The molecule has 1 unspecified atom stereocenters. The van der Waals surface area contributed by atoms with Gasteiger partial charge in [0.2, 0.25) is 0 Å². The molecule has 0 spiro atoms. The molecule has 0 radical (unpaired) electrons. The summed E-state index contributed by atoms with van der Waals surface area (Å²) >= 11 is 0. The number of nitrogens with zero attached hydrogens (tertiary/aromatic N) is 2. The normalized spacial score (nSPS) is 16.7. The number of aliphatic imine (C=N–C) groups is 1. The van der Waals surface area contributed by atoms with Crippen LogP contribution in [0.1, 0.15) is 26.5 Å². The Morgan fingerprint density at radius 2 is 2.04 bits per heavy atom. The molecule has 7 heteroatoms. The zero-order valence-corrected chi connectivity index (χ0v) is 19.2. The molecule has 2 rings (SSSR count). The van der Waals surface area contributed by atoms with E-state index in [0.717, 1.165) is 69.7 Å². The van der Waals surface area contributed by atoms with Crippen molar-refractivity contribution in [1.82, 2.24) is 15.5 Å². The molecule has 1 aliphatic rings. The second-order valence-electron chi connectivity index (χ2n) is 7.22. The topological polar surface area (TPSA) is 62.0 Å². The standard InChI is InChI=1S/C20H34N4O2.HI/c1-16(2)14-22-20(21-8-7-18-6-5-11-26-18)23-15-19(17(3)4)24-9-12-25-13-10-24;/h5-6,11,17,19H,1,7-10,12-15H2,2-4H3,(H2,21,22,23);1H. The van der Waals surface area contributed by atoms with Crippen molar-refractivity contribution in [1.29, 1.82) is 0 Å². The minimum atomic E-state index is 0. The highest BCUT2D eigenvalue weighted by molar-refractivity contribution is 14.0. The van der Waals surface area contributed by atoms with Crippen LogP contribution < -0.4 is 10.6 Å². The number of rotatable bonds is 9. The molecule has 1 saturated heterocycles. The third-order valence-corrected chi connectivity index (χ3v) is 4.52. The predicted octanol–water partition coefficient (Wildman–Crippen LogP) is 2.91. The van der Waals surface area contributed by atoms with Crippen LogP contribution in [0.5, 0.6) is 0 Å². The SMILES string of the molecule is C=C(C)CNC(=NCC(C(C)C)N1CCOCC1)NCCc1ccco1.I. The fraction of sp³-hybridized carbons (Fsp3) is 0.650. The molecule has 0 saturated carbocycles. The number of hydrogen-bond donors (Lipinski definition) is 2. The highest BCUT2D eigenvalue weighted by atomic mass is 127. The molecule has 1 aromatic heterocycles. The zero-order valence-electron chi connectivity index (χ0n) is 16.9. The largest absolute Gasteiger partial charge is 0.469 e. The van der Waals surface area contributed by atoms with E-state index in [2.05, 4.69) is 36.0 Å². The van der Waals surface area contributed by atoms with Gasteiger partial charge in [-0.25, -0.2) is 0 Å². The quantitative estimate of drug-likeness (QED) is 0.241. The maximum absolute atomic E-state index is 5.49. The van der Waals surface area contributed by atoms with E-state index in [-0.39, 0.29) is 24.0 Å². The Kier molecular flexibility index (Phi) is 11.7. The summed E-state index contributed by atoms with van der Waals surface area (Å²) in [4.78, 5) is 7.35. The van der Waals surface area contributed by atoms with Gasteiger partial charge in [-0.05, 0) is 25.0 Å². The summed E-state index contributed by atoms with van der Waals surface area (Å²) in [6, 6.07) is 4.33. The number of nitrogens with one attached hydrogen (secondary N) is 2. The monoisotopic (exact) mass is 490 g/mol. The molecule has 6 nitrogen and oxygen atoms in total. The first-order valence-corrected chi connectivity index (χ1v) is 9.57. The van der Waals surface area contributed by atoms with E-state index >= 15 is 0 Å². The lowest BCUT2D eigenvalue weighted by atomic mass is 10.0. The first kappa shape index (κ1) is 24.0. The van der Waals surface area contributed by atoms with Crippen molar-refractivity contribution in [3.05, 3.63) is 36.3 Å². The molecule has 1 aromatic rings. The number of morpholine rings is 1. The summed E-state index contributed by atoms with van der Waals surface area (Å²) in [5, 5.41) is 6.77. The van der Waals surface area contributed by atoms with Crippen LogP contribution in [0.4, 0.5) is 0 Å². The molecule has 0 bridgehead atoms. The maximum atomic E-state index is 5.49. The van der Waals surface area contributed by atoms with Crippen molar-refractivity contribution in [2.75, 3.05) is 45.9 Å². The molecule has 0 aliphatic carbocycles. The van der Waals surface area contributed by atoms with Gasteiger partial charge >= 0.3 is 0 Å². The average molecular weight is 490 g/mol. The number of hydrogen-bond acceptors (Lipinski definition) is 4. The summed E-state index contributed by atoms with van der Waals surface area (Å²) in [5.74, 6) is 2.35. The Labute approximate surface area is 180 Å². The molecule has 154 valence electrons. The fourth-order valence-electron chi connectivity index (χ4n) is 3.01. The maximum Gasteiger partial charge on any atom is 0.191 e. The van der Waals surface area contributed by atoms with Crippen LogP contribution >= 0.6 is 24.0 Å². The molecular weight excluding hydrogens is 455 g/mol. The average Bonchev–Trinajstić information content (AvgIpc) is 3.13. The Balaban J connectivity index is 0.00000364. The summed E-state index contributed by atoms with van der Waals surface area (Å²) < 4.78 is 10.9. The van der Waals surface area contributed by atoms with E-state index in [0.29, 0.717) is 12.0 Å². The van der Waals surface area contributed by atoms with Crippen LogP contribution in [-0.4, -0.2) is 62.8 Å². The van der Waals surface area contributed by atoms with Gasteiger partial charge in [-0.15, -0.1) is 24.0 Å². The zero-order chi connectivity index (χ0) is 18.8. The lowest BCUT2D eigenvalue weighted by Gasteiger charge is -2.36. The van der Waals surface area contributed by atoms with E-state index in [9.17, 15) is 0 Å². The predicted molar refractivity (Wildman–Crippen MR) is 122 cm³/mol. The minimum Gasteiger partial charge on any atom is -0.469 e. The lowest BCUT2D eigenvalue weighted by Crippen LogP contribution is -2.48. The van der Waals surface area contributed by atoms with Crippen molar-refractivity contribution >= 4 is 29.9 Å². The second-order valence-corrected chi connectivity index (χ2v) is 7.22. The van der Waals surface area contributed by atoms with Gasteiger partial charge in [-0.2, -0.15) is 0 Å². The molecule has 27 heavy (non-hydrogen) atoms. The summed E-state index contributed by atoms with van der Waals surface area (Å²) in [5.41, 5.74) is 1.08. The first-order valence-electron chi connectivity index (χ1n) is 9.57. The van der Waals surface area contributed by atoms with Gasteiger partial charge in [0.25, 0.3) is 0 Å². The number of guanidine groups is 1. The van der Waals surface area contributed by atoms with Crippen LogP contribution in [0.15, 0.2) is 40.0 Å². The summed E-state index contributed by atoms with van der Waals surface area (Å²) in [6.45, 7) is 16.4. The number of halogens is 1. The Bertz CT molecular complexity index is 554. The van der Waals surface area contributed by atoms with E-state index in [4.69, 9.17) is 14.1 Å². The molecule has 0 aromatic carbocycles. The van der Waals surface area contributed by atoms with E-state index in [1.54, 1.807) is 6.26 Å². The van der Waals surface area contributed by atoms with Crippen molar-refractivity contribution in [2.24, 2.45) is 10.9 Å². The van der Waals surface area contributed by atoms with E-state index in [1.807, 2.05) is 19.1 Å². The molecule has 1 atom stereocenters. The van der Waals surface area contributed by atoms with Crippen LogP contribution in [0, 0.1) is 5.92 Å². The second kappa shape index (κ2) is 13.2. The van der Waals surface area contributed by atoms with Gasteiger partial charge in [0.1, 0.15) is 5.76 Å². The number of ether oxygens (including phenoxy) is 1. The highest BCUT2D eigenvalue weighted by Gasteiger charge is 2.23. The third-order valence-electron chi connectivity index (χ3n) is 4.52. The van der Waals surface area contributed by atoms with Crippen molar-refractivity contribution in [3.8, 4) is 0 Å². The van der Waals surface area contributed by atoms with Crippen molar-refractivity contribution in [3.63, 3.8) is 0 Å². The van der Waals surface area contributed by atoms with E-state index in [1.165, 1.54) is 0 Å². The van der Waals surface area contributed by atoms with Gasteiger partial charge in [0.05, 0.1) is 26.0 Å². The van der Waals surface area contributed by atoms with Gasteiger partial charge in [0.15, 0.2) is 5.96 Å². The first-order chi connectivity index (χ1) is 12.6. The lowest BCUT2D eigenvalue weighted by molar-refractivity contribution is 0.00867. The van der Waals surface area contributed by atoms with Crippen molar-refractivity contribution in [2.45, 2.75) is 33.2 Å². The van der Waals surface area contributed by atoms with Gasteiger partial charge in [-0.3, -0.25) is 9.89 Å². The summed E-state index contributed by atoms with van der Waals surface area (Å²) in [7, 11) is 0. The third kappa shape index (κ3) is 9.12. The molecule has 2 heterocycles. The Hall–Kier alpha value is -1.06. The van der Waals surface area contributed by atoms with Crippen LogP contribution in [0.3, 0.4) is 0 Å². The van der Waals surface area contributed by atoms with Gasteiger partial charge in [0, 0.05) is 38.6 Å². The molecular formula is C20H35IN4O2. The highest BCUT2D eigenvalue weighted by Crippen LogP contribution is 2.13. The van der Waals surface area contributed by atoms with Crippen molar-refractivity contribution < 1.29 is 9.15 Å². The van der Waals surface area contributed by atoms with Gasteiger partial charge < -0.3 is 19.8 Å². The van der Waals surface area contributed by atoms with Crippen LogP contribution in [0.25, 0.3) is 0 Å². The smallest absolute Gasteiger partial charge is 0.191 e. The van der Waals surface area contributed by atoms with Crippen LogP contribution in [-0.2, 0) is 11.2 Å². The Morgan fingerprint density at radius 1 is 1.30 bits per heavy atom. The van der Waals surface area contributed by atoms with Crippen LogP contribution in [0.2, 0.25) is 0 Å². The molecule has 1 fully saturated rings. The molecule has 2 N–H and O–H groups in total. The fourth-order valence-corrected chi connectivity index (χ4v) is 3.01. The van der Waals surface area contributed by atoms with E-state index < -0.39 is 0 Å². The Morgan fingerprint density at radius 3 is 2.63 bits per heavy atom. The molecule has 0 amide bonds. The summed E-state index contributed by atoms with van der Waals surface area (Å²) in [6.07, 6.45) is 2.54. The molecule has 1 aliphatic heterocycles. The number of furan rings is 1. The minimum absolute atomic E-state index is 0.